The van der Waals surface area contributed by atoms with Crippen molar-refractivity contribution < 1.29 is 28.1 Å². The fourth-order valence-corrected chi connectivity index (χ4v) is 11.1. The largest absolute Gasteiger partial charge is 0.494 e. The molecule has 0 aliphatic rings. The van der Waals surface area contributed by atoms with E-state index in [0.717, 1.165) is 58.8 Å². The number of unbranched alkanes of at least 4 members (excludes halogenated alkanes) is 4. The zero-order valence-corrected chi connectivity index (χ0v) is 64.7. The van der Waals surface area contributed by atoms with Gasteiger partial charge in [-0.2, -0.15) is 20.4 Å². The van der Waals surface area contributed by atoms with Gasteiger partial charge in [-0.05, 0) is 166 Å². The first kappa shape index (κ1) is 83.7. The van der Waals surface area contributed by atoms with Crippen molar-refractivity contribution in [1.29, 1.82) is 0 Å². The third-order valence-corrected chi connectivity index (χ3v) is 17.6. The molecular formula is C77H101Cl4FN8O9S. The van der Waals surface area contributed by atoms with Crippen LogP contribution in [0.2, 0.25) is 20.1 Å². The van der Waals surface area contributed by atoms with Gasteiger partial charge < -0.3 is 23.7 Å². The zero-order chi connectivity index (χ0) is 73.8. The molecule has 8 rings (SSSR count). The predicted octanol–water partition coefficient (Wildman–Crippen LogP) is 18.8. The number of aryl methyl sites for hydroxylation is 2. The van der Waals surface area contributed by atoms with Crippen LogP contribution in [0, 0.1) is 0 Å². The van der Waals surface area contributed by atoms with Crippen molar-refractivity contribution in [2.24, 2.45) is 0 Å². The van der Waals surface area contributed by atoms with Gasteiger partial charge >= 0.3 is 0 Å². The number of nitrogens with zero attached hydrogens (tertiary/aromatic N) is 8. The van der Waals surface area contributed by atoms with Gasteiger partial charge in [0, 0.05) is 18.8 Å². The summed E-state index contributed by atoms with van der Waals surface area (Å²) in [5.41, 5.74) is 4.96. The van der Waals surface area contributed by atoms with Gasteiger partial charge in [-0.3, -0.25) is 23.6 Å². The van der Waals surface area contributed by atoms with Crippen molar-refractivity contribution in [1.82, 2.24) is 39.1 Å². The van der Waals surface area contributed by atoms with E-state index in [1.807, 2.05) is 119 Å². The molecular weight excluding hydrogens is 1370 g/mol. The van der Waals surface area contributed by atoms with Crippen molar-refractivity contribution in [2.75, 3.05) is 19.9 Å². The number of hydrogen-bond donors (Lipinski definition) is 0. The van der Waals surface area contributed by atoms with Gasteiger partial charge in [-0.15, -0.1) is 11.8 Å². The molecule has 4 aromatic carbocycles. The van der Waals surface area contributed by atoms with Crippen molar-refractivity contribution in [3.63, 3.8) is 0 Å². The van der Waals surface area contributed by atoms with Gasteiger partial charge in [0.15, 0.2) is 32.3 Å². The van der Waals surface area contributed by atoms with E-state index in [9.17, 15) is 23.6 Å². The molecule has 100 heavy (non-hydrogen) atoms. The van der Waals surface area contributed by atoms with Crippen molar-refractivity contribution >= 4 is 58.2 Å². The summed E-state index contributed by atoms with van der Waals surface area (Å²) in [5.74, 6) is 2.30. The van der Waals surface area contributed by atoms with Crippen molar-refractivity contribution in [3.8, 4) is 23.0 Å². The standard InChI is InChI=1S/C20H27ClN2O2.C20H27ClN2OS.C19H25ClN2O3.C18H22ClFN2O3/c2*1-5-6-7-8-15-9-11-16(12-10-15)14-25-17-13-22-23(20(2,3)4)19(24)18(17)21;1-5-10-24-12-14-6-8-15(9-7-14)13-25-16-11-21-22(19(2,3)4)18(23)17(16)20;1-18(2,3)22-17(23)16(19)15(11-21-22)25-12-13-5-7-14(8-6-13)24-10-4-9-20/h2*9-13H,5-8,14H2,1-4H3;6-9,11H,5,10,12-13H2,1-4H3;5-8,11H,4,9-10,12H2,1-3H3/i;;;20-1. The molecule has 0 radical (unpaired) electrons. The molecule has 17 nitrogen and oxygen atoms in total. The third-order valence-electron chi connectivity index (χ3n) is 15.0. The molecule has 23 heteroatoms. The Morgan fingerprint density at radius 2 is 0.700 bits per heavy atom. The Kier molecular flexibility index (Phi) is 34.0. The van der Waals surface area contributed by atoms with E-state index in [-0.39, 0.29) is 60.2 Å². The van der Waals surface area contributed by atoms with Crippen LogP contribution >= 0.6 is 58.2 Å². The monoisotopic (exact) mass is 1470 g/mol. The zero-order valence-electron chi connectivity index (χ0n) is 60.8. The number of aromatic nitrogens is 8. The minimum absolute atomic E-state index is 0.0103. The molecule has 0 bridgehead atoms. The number of benzene rings is 4. The molecule has 0 aliphatic carbocycles. The Morgan fingerprint density at radius 1 is 0.380 bits per heavy atom. The lowest BCUT2D eigenvalue weighted by Gasteiger charge is -2.21. The highest BCUT2D eigenvalue weighted by Crippen LogP contribution is 2.29. The van der Waals surface area contributed by atoms with Gasteiger partial charge in [-0.1, -0.05) is 178 Å². The lowest BCUT2D eigenvalue weighted by atomic mass is 10.1. The second-order valence-corrected chi connectivity index (χ2v) is 30.5. The summed E-state index contributed by atoms with van der Waals surface area (Å²) in [6.45, 7) is 31.6. The Hall–Kier alpha value is -7.00. The molecule has 0 saturated carbocycles. The normalized spacial score (nSPS) is 11.6. The lowest BCUT2D eigenvalue weighted by molar-refractivity contribution is 0.121. The van der Waals surface area contributed by atoms with Crippen LogP contribution < -0.4 is 41.2 Å². The lowest BCUT2D eigenvalue weighted by Crippen LogP contribution is -2.36. The van der Waals surface area contributed by atoms with Crippen molar-refractivity contribution in [3.05, 3.63) is 222 Å². The number of thioether (sulfide) groups is 1. The fraction of sp³-hybridized carbons (Fsp3) is 0.481. The number of rotatable bonds is 28. The van der Waals surface area contributed by atoms with E-state index in [0.29, 0.717) is 50.1 Å². The maximum Gasteiger partial charge on any atom is 0.289 e. The molecule has 0 atom stereocenters. The van der Waals surface area contributed by atoms with E-state index in [1.54, 1.807) is 30.1 Å². The smallest absolute Gasteiger partial charge is 0.289 e. The predicted molar refractivity (Wildman–Crippen MR) is 405 cm³/mol. The Labute approximate surface area is 614 Å². The minimum atomic E-state index is -0.461. The van der Waals surface area contributed by atoms with E-state index < -0.39 is 23.3 Å². The Balaban J connectivity index is 0.000000240. The first-order chi connectivity index (χ1) is 47.3. The van der Waals surface area contributed by atoms with Crippen LogP contribution in [0.25, 0.3) is 0 Å². The first-order valence-electron chi connectivity index (χ1n) is 34.0. The molecule has 0 aliphatic heterocycles. The molecule has 4 heterocycles. The highest BCUT2D eigenvalue weighted by molar-refractivity contribution is 7.98. The molecule has 0 unspecified atom stereocenters. The molecule has 0 fully saturated rings. The molecule has 0 saturated heterocycles. The quantitative estimate of drug-likeness (QED) is 0.0333. The van der Waals surface area contributed by atoms with Crippen LogP contribution in [-0.4, -0.2) is 59.0 Å². The number of halogens is 5. The maximum absolute atomic E-state index is 12.4. The Bertz CT molecular complexity index is 3530. The van der Waals surface area contributed by atoms with Gasteiger partial charge in [-0.25, -0.2) is 18.7 Å². The summed E-state index contributed by atoms with van der Waals surface area (Å²) in [7, 11) is 0. The van der Waals surface area contributed by atoms with Crippen LogP contribution in [0.3, 0.4) is 0 Å². The summed E-state index contributed by atoms with van der Waals surface area (Å²) in [6, 6.07) is 32.3. The second kappa shape index (κ2) is 40.6. The number of ether oxygens (including phenoxy) is 5. The van der Waals surface area contributed by atoms with E-state index in [4.69, 9.17) is 70.1 Å². The van der Waals surface area contributed by atoms with Crippen LogP contribution in [0.4, 0.5) is 4.39 Å². The van der Waals surface area contributed by atoms with E-state index >= 15 is 0 Å². The van der Waals surface area contributed by atoms with Crippen LogP contribution in [0.1, 0.15) is 194 Å². The SMILES string of the molecule is CC(C)(C)n1ncc(OCc2ccc(OCCC[18F])cc2)c(Cl)c1=O.CCCCCc1ccc(COc2cnn(C(C)(C)C)c(=O)c2Cl)cc1.CCCCCc1ccc(CSc2cnn(C(C)(C)C)c(=O)c2Cl)cc1.CCCOCc1ccc(COc2cnn(C(C)(C)C)c(=O)c2Cl)cc1. The van der Waals surface area contributed by atoms with Gasteiger partial charge in [0.05, 0.1) is 71.7 Å². The van der Waals surface area contributed by atoms with Gasteiger partial charge in [0.1, 0.15) is 30.6 Å². The highest BCUT2D eigenvalue weighted by atomic mass is 35.5. The number of hydrogen-bond acceptors (Lipinski definition) is 14. The summed E-state index contributed by atoms with van der Waals surface area (Å²) < 4.78 is 45.4. The van der Waals surface area contributed by atoms with Gasteiger partial charge in [0.2, 0.25) is 0 Å². The van der Waals surface area contributed by atoms with Crippen LogP contribution in [0.15, 0.2) is 146 Å². The van der Waals surface area contributed by atoms with Crippen molar-refractivity contribution in [2.45, 2.75) is 227 Å². The Morgan fingerprint density at radius 3 is 1.04 bits per heavy atom. The summed E-state index contributed by atoms with van der Waals surface area (Å²) in [4.78, 5) is 50.0. The van der Waals surface area contributed by atoms with Crippen LogP contribution in [0.5, 0.6) is 23.0 Å². The topological polar surface area (TPSA) is 186 Å². The van der Waals surface area contributed by atoms with E-state index in [1.165, 1.54) is 92.5 Å². The molecule has 8 aromatic rings. The second-order valence-electron chi connectivity index (χ2n) is 27.9. The fourth-order valence-electron chi connectivity index (χ4n) is 9.38. The van der Waals surface area contributed by atoms with Crippen LogP contribution in [-0.2, 0) is 71.9 Å². The molecule has 0 N–H and O–H groups in total. The molecule has 0 spiro atoms. The average molecular weight is 1470 g/mol. The summed E-state index contributed by atoms with van der Waals surface area (Å²) >= 11 is 26.3. The van der Waals surface area contributed by atoms with Gasteiger partial charge in [0.25, 0.3) is 22.2 Å². The average Bonchev–Trinajstić information content (AvgIpc) is 0.842. The minimum Gasteiger partial charge on any atom is -0.494 e. The van der Waals surface area contributed by atoms with E-state index in [2.05, 4.69) is 89.7 Å². The number of alkyl halides is 1. The molecule has 544 valence electrons. The highest BCUT2D eigenvalue weighted by Gasteiger charge is 2.24. The summed E-state index contributed by atoms with van der Waals surface area (Å²) in [5, 5.41) is 17.1. The molecule has 4 aromatic heterocycles. The molecule has 0 amide bonds. The first-order valence-corrected chi connectivity index (χ1v) is 36.5. The summed E-state index contributed by atoms with van der Waals surface area (Å²) in [6.07, 6.45) is 17.3. The third kappa shape index (κ3) is 27.1. The maximum atomic E-state index is 12.4.